The first-order valence-electron chi connectivity index (χ1n) is 7.64. The predicted octanol–water partition coefficient (Wildman–Crippen LogP) is 3.60. The van der Waals surface area contributed by atoms with Crippen LogP contribution in [0.1, 0.15) is 32.3 Å². The minimum absolute atomic E-state index is 0.130. The maximum absolute atomic E-state index is 12.8. The van der Waals surface area contributed by atoms with E-state index in [-0.39, 0.29) is 36.3 Å². The standard InChI is InChI=1S/C18H23NO3/c1-5-15(14-9-7-6-8-10-14)13(4)17(20)19-16(12(2)3)11-22-18(19)21/h5-10,12-13,15-16H,1,11H2,2-4H3/t13-,15?,16-/m1/s1. The second-order valence-electron chi connectivity index (χ2n) is 6.06. The summed E-state index contributed by atoms with van der Waals surface area (Å²) in [5, 5.41) is 0. The molecule has 1 fully saturated rings. The smallest absolute Gasteiger partial charge is 0.416 e. The Labute approximate surface area is 131 Å². The van der Waals surface area contributed by atoms with Crippen LogP contribution in [0.3, 0.4) is 0 Å². The molecule has 1 aromatic carbocycles. The van der Waals surface area contributed by atoms with Gasteiger partial charge >= 0.3 is 6.09 Å². The van der Waals surface area contributed by atoms with Crippen LogP contribution in [-0.2, 0) is 9.53 Å². The van der Waals surface area contributed by atoms with Gasteiger partial charge in [0.1, 0.15) is 6.61 Å². The van der Waals surface area contributed by atoms with Crippen molar-refractivity contribution < 1.29 is 14.3 Å². The van der Waals surface area contributed by atoms with E-state index in [1.54, 1.807) is 6.08 Å². The quantitative estimate of drug-likeness (QED) is 0.781. The van der Waals surface area contributed by atoms with Gasteiger partial charge in [0.2, 0.25) is 5.91 Å². The Morgan fingerprint density at radius 2 is 1.95 bits per heavy atom. The second kappa shape index (κ2) is 6.77. The zero-order chi connectivity index (χ0) is 16.3. The fraction of sp³-hybridized carbons (Fsp3) is 0.444. The van der Waals surface area contributed by atoms with Crippen molar-refractivity contribution in [3.8, 4) is 0 Å². The normalized spacial score (nSPS) is 20.6. The lowest BCUT2D eigenvalue weighted by atomic mass is 9.86. The van der Waals surface area contributed by atoms with E-state index >= 15 is 0 Å². The molecule has 1 saturated heterocycles. The summed E-state index contributed by atoms with van der Waals surface area (Å²) in [5.74, 6) is -0.529. The summed E-state index contributed by atoms with van der Waals surface area (Å²) in [6.45, 7) is 9.94. The Morgan fingerprint density at radius 1 is 1.32 bits per heavy atom. The van der Waals surface area contributed by atoms with E-state index in [4.69, 9.17) is 4.74 Å². The molecule has 2 rings (SSSR count). The molecule has 2 amide bonds. The summed E-state index contributed by atoms with van der Waals surface area (Å²) in [4.78, 5) is 26.0. The minimum atomic E-state index is -0.536. The molecule has 4 heteroatoms. The maximum Gasteiger partial charge on any atom is 0.416 e. The maximum atomic E-state index is 12.8. The predicted molar refractivity (Wildman–Crippen MR) is 85.4 cm³/mol. The number of benzene rings is 1. The summed E-state index contributed by atoms with van der Waals surface area (Å²) >= 11 is 0. The Morgan fingerprint density at radius 3 is 2.50 bits per heavy atom. The van der Waals surface area contributed by atoms with Crippen LogP contribution in [0.5, 0.6) is 0 Å². The number of carbonyl (C=O) groups is 2. The lowest BCUT2D eigenvalue weighted by Crippen LogP contribution is -2.45. The molecule has 1 aromatic rings. The Balaban J connectivity index is 2.23. The van der Waals surface area contributed by atoms with Crippen molar-refractivity contribution in [1.82, 2.24) is 4.90 Å². The molecule has 118 valence electrons. The van der Waals surface area contributed by atoms with Crippen molar-refractivity contribution in [2.24, 2.45) is 11.8 Å². The first kappa shape index (κ1) is 16.3. The van der Waals surface area contributed by atoms with Crippen LogP contribution in [0.2, 0.25) is 0 Å². The van der Waals surface area contributed by atoms with E-state index in [0.29, 0.717) is 0 Å². The molecular weight excluding hydrogens is 278 g/mol. The largest absolute Gasteiger partial charge is 0.447 e. The summed E-state index contributed by atoms with van der Waals surface area (Å²) in [5.41, 5.74) is 1.02. The van der Waals surface area contributed by atoms with E-state index in [1.807, 2.05) is 51.1 Å². The van der Waals surface area contributed by atoms with Gasteiger partial charge in [-0.25, -0.2) is 9.69 Å². The van der Waals surface area contributed by atoms with Gasteiger partial charge in [0, 0.05) is 11.8 Å². The minimum Gasteiger partial charge on any atom is -0.447 e. The number of cyclic esters (lactones) is 1. The summed E-state index contributed by atoms with van der Waals surface area (Å²) in [6.07, 6.45) is 1.23. The number of hydrogen-bond acceptors (Lipinski definition) is 3. The monoisotopic (exact) mass is 301 g/mol. The lowest BCUT2D eigenvalue weighted by molar-refractivity contribution is -0.133. The summed E-state index contributed by atoms with van der Waals surface area (Å²) in [6, 6.07) is 9.55. The van der Waals surface area contributed by atoms with Crippen molar-refractivity contribution in [3.05, 3.63) is 48.6 Å². The Bertz CT molecular complexity index is 553. The number of carbonyl (C=O) groups excluding carboxylic acids is 2. The van der Waals surface area contributed by atoms with Crippen LogP contribution in [-0.4, -0.2) is 29.5 Å². The molecule has 0 spiro atoms. The molecular formula is C18H23NO3. The number of amides is 2. The molecule has 0 aromatic heterocycles. The van der Waals surface area contributed by atoms with Crippen LogP contribution in [0.15, 0.2) is 43.0 Å². The molecule has 0 N–H and O–H groups in total. The van der Waals surface area contributed by atoms with Gasteiger partial charge in [0.05, 0.1) is 6.04 Å². The molecule has 1 aliphatic heterocycles. The first-order valence-corrected chi connectivity index (χ1v) is 7.64. The van der Waals surface area contributed by atoms with Gasteiger partial charge in [-0.3, -0.25) is 4.79 Å². The molecule has 0 radical (unpaired) electrons. The van der Waals surface area contributed by atoms with Gasteiger partial charge in [-0.2, -0.15) is 0 Å². The highest BCUT2D eigenvalue weighted by atomic mass is 16.6. The van der Waals surface area contributed by atoms with Crippen molar-refractivity contribution in [3.63, 3.8) is 0 Å². The number of ether oxygens (including phenoxy) is 1. The fourth-order valence-corrected chi connectivity index (χ4v) is 2.86. The van der Waals surface area contributed by atoms with Crippen LogP contribution >= 0.6 is 0 Å². The average Bonchev–Trinajstić information content (AvgIpc) is 2.90. The summed E-state index contributed by atoms with van der Waals surface area (Å²) in [7, 11) is 0. The van der Waals surface area contributed by atoms with Crippen molar-refractivity contribution in [2.45, 2.75) is 32.7 Å². The Kier molecular flexibility index (Phi) is 5.01. The average molecular weight is 301 g/mol. The number of rotatable bonds is 5. The van der Waals surface area contributed by atoms with E-state index in [1.165, 1.54) is 4.90 Å². The van der Waals surface area contributed by atoms with Crippen LogP contribution < -0.4 is 0 Å². The Hall–Kier alpha value is -2.10. The molecule has 1 heterocycles. The first-order chi connectivity index (χ1) is 10.5. The van der Waals surface area contributed by atoms with Crippen LogP contribution in [0, 0.1) is 11.8 Å². The molecule has 0 saturated carbocycles. The highest BCUT2D eigenvalue weighted by Crippen LogP contribution is 2.30. The second-order valence-corrected chi connectivity index (χ2v) is 6.06. The lowest BCUT2D eigenvalue weighted by Gasteiger charge is -2.28. The number of nitrogens with zero attached hydrogens (tertiary/aromatic N) is 1. The van der Waals surface area contributed by atoms with Gasteiger partial charge in [0.15, 0.2) is 0 Å². The zero-order valence-corrected chi connectivity index (χ0v) is 13.4. The van der Waals surface area contributed by atoms with Gasteiger partial charge in [-0.1, -0.05) is 57.2 Å². The van der Waals surface area contributed by atoms with Crippen LogP contribution in [0.25, 0.3) is 0 Å². The van der Waals surface area contributed by atoms with Gasteiger partial charge in [-0.05, 0) is 11.5 Å². The van der Waals surface area contributed by atoms with Gasteiger partial charge in [0.25, 0.3) is 0 Å². The van der Waals surface area contributed by atoms with E-state index in [9.17, 15) is 9.59 Å². The third kappa shape index (κ3) is 3.06. The molecule has 22 heavy (non-hydrogen) atoms. The third-order valence-corrected chi connectivity index (χ3v) is 4.28. The van der Waals surface area contributed by atoms with E-state index in [0.717, 1.165) is 5.56 Å². The molecule has 3 atom stereocenters. The zero-order valence-electron chi connectivity index (χ0n) is 13.4. The number of allylic oxidation sites excluding steroid dienone is 1. The van der Waals surface area contributed by atoms with Gasteiger partial charge in [-0.15, -0.1) is 6.58 Å². The molecule has 0 bridgehead atoms. The molecule has 1 aliphatic rings. The topological polar surface area (TPSA) is 46.6 Å². The third-order valence-electron chi connectivity index (χ3n) is 4.28. The fourth-order valence-electron chi connectivity index (χ4n) is 2.86. The van der Waals surface area contributed by atoms with Crippen LogP contribution in [0.4, 0.5) is 4.79 Å². The molecule has 1 unspecified atom stereocenters. The number of imide groups is 1. The van der Waals surface area contributed by atoms with E-state index < -0.39 is 6.09 Å². The van der Waals surface area contributed by atoms with Gasteiger partial charge < -0.3 is 4.74 Å². The SMILES string of the molecule is C=CC(c1ccccc1)[C@@H](C)C(=O)N1C(=O)OC[C@@H]1C(C)C. The number of hydrogen-bond donors (Lipinski definition) is 0. The molecule has 0 aliphatic carbocycles. The van der Waals surface area contributed by atoms with Crippen molar-refractivity contribution in [2.75, 3.05) is 6.61 Å². The highest BCUT2D eigenvalue weighted by Gasteiger charge is 2.42. The van der Waals surface area contributed by atoms with E-state index in [2.05, 4.69) is 6.58 Å². The van der Waals surface area contributed by atoms with Crippen molar-refractivity contribution in [1.29, 1.82) is 0 Å². The highest BCUT2D eigenvalue weighted by molar-refractivity contribution is 5.95. The van der Waals surface area contributed by atoms with Crippen molar-refractivity contribution >= 4 is 12.0 Å². The summed E-state index contributed by atoms with van der Waals surface area (Å²) < 4.78 is 5.07. The molecule has 4 nitrogen and oxygen atoms in total.